The van der Waals surface area contributed by atoms with Crippen LogP contribution in [0.25, 0.3) is 0 Å². The molecule has 0 atom stereocenters. The first-order valence-electron chi connectivity index (χ1n) is 23.3. The number of quaternary nitrogens is 2. The highest BCUT2D eigenvalue weighted by Gasteiger charge is 2.28. The first-order valence-corrected chi connectivity index (χ1v) is 23.3. The third-order valence-electron chi connectivity index (χ3n) is 14.1. The fourth-order valence-corrected chi connectivity index (χ4v) is 8.63. The normalized spacial score (nSPS) is 24.4. The Bertz CT molecular complexity index is 811. The van der Waals surface area contributed by atoms with Crippen LogP contribution in [0.2, 0.25) is 0 Å². The number of nitrogens with zero attached hydrogens (tertiary/aromatic N) is 7. The lowest BCUT2D eigenvalue weighted by molar-refractivity contribution is -0.896. The molecule has 5 rings (SSSR count). The molecule has 5 saturated heterocycles. The molecule has 0 aromatic heterocycles. The number of likely N-dealkylation sites (tertiary alicyclic amines) is 3. The predicted octanol–water partition coefficient (Wildman–Crippen LogP) is 8.30. The lowest BCUT2D eigenvalue weighted by atomic mass is 9.86. The maximum absolute atomic E-state index is 2.60. The lowest BCUT2D eigenvalue weighted by Crippen LogP contribution is -2.56. The van der Waals surface area contributed by atoms with E-state index in [-0.39, 0.29) is 0 Å². The minimum absolute atomic E-state index is 0.730. The summed E-state index contributed by atoms with van der Waals surface area (Å²) < 4.78 is 2.44. The summed E-state index contributed by atoms with van der Waals surface area (Å²) in [6.07, 6.45) is 8.52. The molecule has 0 N–H and O–H groups in total. The first-order chi connectivity index (χ1) is 25.0. The van der Waals surface area contributed by atoms with E-state index in [2.05, 4.69) is 150 Å². The number of hydrogen-bond acceptors (Lipinski definition) is 5. The van der Waals surface area contributed by atoms with E-state index in [0.29, 0.717) is 0 Å². The van der Waals surface area contributed by atoms with Crippen LogP contribution in [0.3, 0.4) is 0 Å². The average Bonchev–Trinajstić information content (AvgIpc) is 3.09. The molecule has 0 radical (unpaired) electrons. The molecule has 5 aliphatic heterocycles. The van der Waals surface area contributed by atoms with Crippen LogP contribution in [0.4, 0.5) is 0 Å². The van der Waals surface area contributed by atoms with Gasteiger partial charge in [-0.25, -0.2) is 0 Å². The van der Waals surface area contributed by atoms with E-state index in [0.717, 1.165) is 53.6 Å². The zero-order valence-corrected chi connectivity index (χ0v) is 40.5. The van der Waals surface area contributed by atoms with E-state index >= 15 is 0 Å². The third kappa shape index (κ3) is 22.0. The monoisotopic (exact) mass is 766 g/mol. The maximum Gasteiger partial charge on any atom is 0.0912 e. The van der Waals surface area contributed by atoms with E-state index in [4.69, 9.17) is 0 Å². The number of piperazine rings is 2. The van der Waals surface area contributed by atoms with Gasteiger partial charge in [0.1, 0.15) is 0 Å². The minimum atomic E-state index is 0.730. The van der Waals surface area contributed by atoms with E-state index in [1.807, 2.05) is 0 Å². The van der Waals surface area contributed by atoms with Crippen molar-refractivity contribution in [1.29, 1.82) is 0 Å². The molecule has 0 unspecified atom stereocenters. The Morgan fingerprint density at radius 2 is 0.611 bits per heavy atom. The van der Waals surface area contributed by atoms with Crippen LogP contribution in [0.5, 0.6) is 0 Å². The van der Waals surface area contributed by atoms with Gasteiger partial charge < -0.3 is 23.7 Å². The Balaban J connectivity index is 0.000000338. The van der Waals surface area contributed by atoms with Gasteiger partial charge in [0.05, 0.1) is 54.4 Å². The van der Waals surface area contributed by atoms with Gasteiger partial charge in [0, 0.05) is 57.4 Å². The number of likely N-dealkylation sites (N-methyl/N-ethyl adjacent to an activating group) is 2. The number of hydrogen-bond donors (Lipinski definition) is 0. The van der Waals surface area contributed by atoms with Crippen LogP contribution in [0.1, 0.15) is 122 Å². The molecule has 0 spiro atoms. The van der Waals surface area contributed by atoms with Gasteiger partial charge in [-0.05, 0) is 156 Å². The fourth-order valence-electron chi connectivity index (χ4n) is 8.63. The first kappa shape index (κ1) is 51.7. The molecular weight excluding hydrogens is 663 g/mol. The molecule has 0 aromatic carbocycles. The Kier molecular flexibility index (Phi) is 24.9. The summed E-state index contributed by atoms with van der Waals surface area (Å²) in [6.45, 7) is 45.9. The smallest absolute Gasteiger partial charge is 0.0912 e. The molecule has 0 amide bonds. The number of piperidine rings is 3. The Labute approximate surface area is 341 Å². The van der Waals surface area contributed by atoms with Crippen molar-refractivity contribution in [1.82, 2.24) is 24.5 Å². The molecule has 5 heterocycles. The van der Waals surface area contributed by atoms with Gasteiger partial charge in [0.25, 0.3) is 0 Å². The van der Waals surface area contributed by atoms with Crippen molar-refractivity contribution in [3.05, 3.63) is 0 Å². The summed E-state index contributed by atoms with van der Waals surface area (Å²) in [4.78, 5) is 12.5. The molecule has 0 saturated carbocycles. The Morgan fingerprint density at radius 1 is 0.333 bits per heavy atom. The molecular formula is C47H103N7+2. The molecule has 54 heavy (non-hydrogen) atoms. The summed E-state index contributed by atoms with van der Waals surface area (Å²) in [5, 5.41) is 0. The molecule has 324 valence electrons. The van der Waals surface area contributed by atoms with Crippen LogP contribution >= 0.6 is 0 Å². The summed E-state index contributed by atoms with van der Waals surface area (Å²) in [5.74, 6) is 5.67. The van der Waals surface area contributed by atoms with E-state index in [1.54, 1.807) is 0 Å². The highest BCUT2D eigenvalue weighted by molar-refractivity contribution is 4.76. The van der Waals surface area contributed by atoms with Crippen molar-refractivity contribution in [2.45, 2.75) is 140 Å². The molecule has 7 heteroatoms. The molecule has 7 nitrogen and oxygen atoms in total. The van der Waals surface area contributed by atoms with Crippen LogP contribution in [-0.4, -0.2) is 186 Å². The second kappa shape index (κ2) is 25.9. The topological polar surface area (TPSA) is 16.2 Å². The van der Waals surface area contributed by atoms with Gasteiger partial charge in [-0.1, -0.05) is 41.5 Å². The summed E-state index contributed by atoms with van der Waals surface area (Å²) in [7, 11) is 13.7. The zero-order chi connectivity index (χ0) is 41.2. The second-order valence-corrected chi connectivity index (χ2v) is 21.5. The van der Waals surface area contributed by atoms with Crippen molar-refractivity contribution in [2.24, 2.45) is 35.5 Å². The molecule has 5 aliphatic rings. The molecule has 0 bridgehead atoms. The summed E-state index contributed by atoms with van der Waals surface area (Å²) in [5.41, 5.74) is 0. The quantitative estimate of drug-likeness (QED) is 0.253. The highest BCUT2D eigenvalue weighted by atomic mass is 15.4. The van der Waals surface area contributed by atoms with Gasteiger partial charge in [-0.3, -0.25) is 9.80 Å². The van der Waals surface area contributed by atoms with Gasteiger partial charge in [0.2, 0.25) is 0 Å². The van der Waals surface area contributed by atoms with Gasteiger partial charge in [0.15, 0.2) is 0 Å². The van der Waals surface area contributed by atoms with Gasteiger partial charge >= 0.3 is 0 Å². The SMILES string of the molecule is CC(C)C1CCN(C(C)C)CC1.CC(C)C1CCN(C)CC1.CC(C)C1CC[N+](C)(C)CC1.CC(C)N1CCN(C)CC1.CC(C)N1CC[N+](C)(C)CC1. The molecule has 0 aromatic rings. The van der Waals surface area contributed by atoms with Gasteiger partial charge in [-0.2, -0.15) is 0 Å². The largest absolute Gasteiger partial charge is 0.328 e. The van der Waals surface area contributed by atoms with Crippen molar-refractivity contribution in [3.8, 4) is 0 Å². The van der Waals surface area contributed by atoms with Crippen LogP contribution in [0.15, 0.2) is 0 Å². The van der Waals surface area contributed by atoms with E-state index in [1.165, 1.54) is 139 Å². The number of rotatable bonds is 6. The van der Waals surface area contributed by atoms with Crippen LogP contribution < -0.4 is 0 Å². The van der Waals surface area contributed by atoms with E-state index in [9.17, 15) is 0 Å². The molecule has 0 aliphatic carbocycles. The minimum Gasteiger partial charge on any atom is -0.328 e. The fraction of sp³-hybridized carbons (Fsp3) is 1.00. The standard InChI is InChI=1S/C11H23N.C10H22N.C9H21N2.C9H19N.C8H18N2/c1-9(2)11-5-7-12(8-6-11)10(3)4;2*1-9(2)10-5-7-11(3,4)8-6-10;1-8(2)9-4-6-10(3)7-5-9;1-8(2)10-6-4-9(3)5-7-10/h9-11H,5-8H2,1-4H3;9-10H,5-8H2,1-4H3;9H,5-8H2,1-4H3;8-9H,4-7H2,1-3H3;8H,4-7H2,1-3H3/q;2*+1;;. The van der Waals surface area contributed by atoms with Crippen molar-refractivity contribution in [3.63, 3.8) is 0 Å². The maximum atomic E-state index is 2.60. The van der Waals surface area contributed by atoms with Crippen LogP contribution in [-0.2, 0) is 0 Å². The lowest BCUT2D eigenvalue weighted by Gasteiger charge is -2.40. The predicted molar refractivity (Wildman–Crippen MR) is 241 cm³/mol. The average molecular weight is 766 g/mol. The summed E-state index contributed by atoms with van der Waals surface area (Å²) in [6, 6.07) is 2.21. The van der Waals surface area contributed by atoms with Crippen molar-refractivity contribution < 1.29 is 8.97 Å². The van der Waals surface area contributed by atoms with Crippen LogP contribution in [0, 0.1) is 35.5 Å². The molecule has 5 fully saturated rings. The van der Waals surface area contributed by atoms with E-state index < -0.39 is 0 Å². The zero-order valence-electron chi connectivity index (χ0n) is 40.5. The Morgan fingerprint density at radius 3 is 0.963 bits per heavy atom. The summed E-state index contributed by atoms with van der Waals surface area (Å²) >= 11 is 0. The highest BCUT2D eigenvalue weighted by Crippen LogP contribution is 2.27. The Hall–Kier alpha value is -0.280. The van der Waals surface area contributed by atoms with Crippen molar-refractivity contribution >= 4 is 0 Å². The third-order valence-corrected chi connectivity index (χ3v) is 14.1. The second-order valence-electron chi connectivity index (χ2n) is 21.5. The van der Waals surface area contributed by atoms with Gasteiger partial charge in [-0.15, -0.1) is 0 Å². The van der Waals surface area contributed by atoms with Crippen molar-refractivity contribution in [2.75, 3.05) is 134 Å².